The first kappa shape index (κ1) is 18.0. The van der Waals surface area contributed by atoms with Crippen LogP contribution in [0.1, 0.15) is 24.5 Å². The molecule has 0 saturated carbocycles. The maximum absolute atomic E-state index is 12.0. The van der Waals surface area contributed by atoms with Crippen LogP contribution in [0, 0.1) is 12.3 Å². The summed E-state index contributed by atoms with van der Waals surface area (Å²) in [5.74, 6) is 0.0922. The monoisotopic (exact) mass is 311 g/mol. The van der Waals surface area contributed by atoms with Crippen molar-refractivity contribution in [2.45, 2.75) is 26.8 Å². The fourth-order valence-corrected chi connectivity index (χ4v) is 2.69. The Bertz CT molecular complexity index is 480. The van der Waals surface area contributed by atoms with E-state index in [1.165, 1.54) is 11.1 Å². The molecule has 0 aromatic heterocycles. The summed E-state index contributed by atoms with van der Waals surface area (Å²) in [5.41, 5.74) is 8.35. The molecule has 5 heteroatoms. The van der Waals surface area contributed by atoms with E-state index in [-0.39, 0.29) is 23.7 Å². The van der Waals surface area contributed by atoms with Gasteiger partial charge in [-0.15, -0.1) is 12.4 Å². The molecule has 0 radical (unpaired) electrons. The predicted octanol–water partition coefficient (Wildman–Crippen LogP) is 1.70. The van der Waals surface area contributed by atoms with Gasteiger partial charge in [-0.05, 0) is 43.0 Å². The summed E-state index contributed by atoms with van der Waals surface area (Å²) >= 11 is 0. The topological polar surface area (TPSA) is 58.4 Å². The Morgan fingerprint density at radius 2 is 2.14 bits per heavy atom. The number of aryl methyl sites for hydroxylation is 1. The van der Waals surface area contributed by atoms with Crippen LogP contribution < -0.4 is 11.1 Å². The lowest BCUT2D eigenvalue weighted by molar-refractivity contribution is -0.122. The first-order chi connectivity index (χ1) is 9.52. The van der Waals surface area contributed by atoms with Crippen LogP contribution in [0.25, 0.3) is 0 Å². The van der Waals surface area contributed by atoms with Gasteiger partial charge in [0.1, 0.15) is 0 Å². The standard InChI is InChI=1S/C16H25N3O.ClH/c1-13-5-3-4-6-14(13)9-18-15(20)10-19-8-7-16(2,11-17)12-19;/h3-6H,7-12,17H2,1-2H3,(H,18,20);1H. The van der Waals surface area contributed by atoms with Crippen LogP contribution in [0.15, 0.2) is 24.3 Å². The average Bonchev–Trinajstić information content (AvgIpc) is 2.80. The lowest BCUT2D eigenvalue weighted by Crippen LogP contribution is -2.38. The van der Waals surface area contributed by atoms with Crippen LogP contribution >= 0.6 is 12.4 Å². The second-order valence-corrected chi connectivity index (χ2v) is 6.18. The molecule has 2 rings (SSSR count). The molecule has 1 aliphatic heterocycles. The first-order valence-electron chi connectivity index (χ1n) is 7.26. The number of likely N-dealkylation sites (tertiary alicyclic amines) is 1. The highest BCUT2D eigenvalue weighted by Gasteiger charge is 2.32. The van der Waals surface area contributed by atoms with Crippen LogP contribution in [0.4, 0.5) is 0 Å². The van der Waals surface area contributed by atoms with Gasteiger partial charge in [-0.2, -0.15) is 0 Å². The number of carbonyl (C=O) groups excluding carboxylic acids is 1. The number of nitrogens with one attached hydrogen (secondary N) is 1. The molecule has 1 fully saturated rings. The van der Waals surface area contributed by atoms with Crippen molar-refractivity contribution in [3.05, 3.63) is 35.4 Å². The molecule has 1 aliphatic rings. The van der Waals surface area contributed by atoms with Crippen molar-refractivity contribution in [1.29, 1.82) is 0 Å². The fourth-order valence-electron chi connectivity index (χ4n) is 2.69. The SMILES string of the molecule is Cc1ccccc1CNC(=O)CN1CCC(C)(CN)C1.Cl. The number of halogens is 1. The third-order valence-electron chi connectivity index (χ3n) is 4.23. The van der Waals surface area contributed by atoms with E-state index in [2.05, 4.69) is 36.2 Å². The number of benzene rings is 1. The van der Waals surface area contributed by atoms with Crippen molar-refractivity contribution in [2.75, 3.05) is 26.2 Å². The molecule has 0 bridgehead atoms. The molecule has 0 aliphatic carbocycles. The zero-order valence-corrected chi connectivity index (χ0v) is 13.7. The number of nitrogens with two attached hydrogens (primary N) is 1. The van der Waals surface area contributed by atoms with E-state index >= 15 is 0 Å². The number of amides is 1. The molecule has 21 heavy (non-hydrogen) atoms. The van der Waals surface area contributed by atoms with Gasteiger partial charge < -0.3 is 11.1 Å². The van der Waals surface area contributed by atoms with Gasteiger partial charge in [-0.1, -0.05) is 31.2 Å². The predicted molar refractivity (Wildman–Crippen MR) is 88.5 cm³/mol. The quantitative estimate of drug-likeness (QED) is 0.870. The molecule has 1 aromatic carbocycles. The Morgan fingerprint density at radius 3 is 2.76 bits per heavy atom. The van der Waals surface area contributed by atoms with Gasteiger partial charge in [0.15, 0.2) is 0 Å². The highest BCUT2D eigenvalue weighted by atomic mass is 35.5. The van der Waals surface area contributed by atoms with E-state index < -0.39 is 0 Å². The van der Waals surface area contributed by atoms with Gasteiger partial charge >= 0.3 is 0 Å². The van der Waals surface area contributed by atoms with Crippen molar-refractivity contribution in [1.82, 2.24) is 10.2 Å². The Balaban J connectivity index is 0.00000220. The second-order valence-electron chi connectivity index (χ2n) is 6.18. The molecule has 4 nitrogen and oxygen atoms in total. The van der Waals surface area contributed by atoms with Gasteiger partial charge in [0.2, 0.25) is 5.91 Å². The molecule has 3 N–H and O–H groups in total. The van der Waals surface area contributed by atoms with E-state index in [9.17, 15) is 4.79 Å². The molecule has 1 heterocycles. The normalized spacial score (nSPS) is 21.9. The van der Waals surface area contributed by atoms with Crippen molar-refractivity contribution in [2.24, 2.45) is 11.1 Å². The van der Waals surface area contributed by atoms with Gasteiger partial charge in [0, 0.05) is 13.1 Å². The Kier molecular flexibility index (Phi) is 6.65. The van der Waals surface area contributed by atoms with Crippen molar-refractivity contribution in [3.63, 3.8) is 0 Å². The minimum atomic E-state index is 0. The van der Waals surface area contributed by atoms with Crippen LogP contribution in [-0.2, 0) is 11.3 Å². The molecule has 118 valence electrons. The van der Waals surface area contributed by atoms with Crippen molar-refractivity contribution in [3.8, 4) is 0 Å². The van der Waals surface area contributed by atoms with Crippen molar-refractivity contribution < 1.29 is 4.79 Å². The summed E-state index contributed by atoms with van der Waals surface area (Å²) in [6.45, 7) is 7.91. The highest BCUT2D eigenvalue weighted by molar-refractivity contribution is 5.85. The smallest absolute Gasteiger partial charge is 0.234 e. The summed E-state index contributed by atoms with van der Waals surface area (Å²) in [5, 5.41) is 3.00. The lowest BCUT2D eigenvalue weighted by atomic mass is 9.90. The molecule has 1 atom stereocenters. The second kappa shape index (κ2) is 7.78. The third kappa shape index (κ3) is 4.99. The minimum absolute atomic E-state index is 0. The van der Waals surface area contributed by atoms with E-state index in [1.807, 2.05) is 12.1 Å². The summed E-state index contributed by atoms with van der Waals surface area (Å²) in [6.07, 6.45) is 1.08. The van der Waals surface area contributed by atoms with Gasteiger partial charge in [0.25, 0.3) is 0 Å². The van der Waals surface area contributed by atoms with Gasteiger partial charge in [-0.25, -0.2) is 0 Å². The average molecular weight is 312 g/mol. The van der Waals surface area contributed by atoms with E-state index in [0.29, 0.717) is 19.6 Å². The minimum Gasteiger partial charge on any atom is -0.351 e. The molecule has 1 saturated heterocycles. The Hall–Kier alpha value is -1.10. The van der Waals surface area contributed by atoms with Gasteiger partial charge in [0.05, 0.1) is 6.54 Å². The van der Waals surface area contributed by atoms with Crippen molar-refractivity contribution >= 4 is 18.3 Å². The molecule has 0 spiro atoms. The van der Waals surface area contributed by atoms with E-state index in [1.54, 1.807) is 0 Å². The summed E-state index contributed by atoms with van der Waals surface area (Å²) in [4.78, 5) is 14.2. The fraction of sp³-hybridized carbons (Fsp3) is 0.562. The largest absolute Gasteiger partial charge is 0.351 e. The van der Waals surface area contributed by atoms with Crippen LogP contribution in [0.2, 0.25) is 0 Å². The molecule has 1 unspecified atom stereocenters. The maximum Gasteiger partial charge on any atom is 0.234 e. The molecular formula is C16H26ClN3O. The number of hydrogen-bond donors (Lipinski definition) is 2. The lowest BCUT2D eigenvalue weighted by Gasteiger charge is -2.22. The molecule has 1 amide bonds. The van der Waals surface area contributed by atoms with Crippen LogP contribution in [-0.4, -0.2) is 37.0 Å². The van der Waals surface area contributed by atoms with E-state index in [4.69, 9.17) is 5.73 Å². The first-order valence-corrected chi connectivity index (χ1v) is 7.26. The van der Waals surface area contributed by atoms with Gasteiger partial charge in [-0.3, -0.25) is 9.69 Å². The molecule has 1 aromatic rings. The number of hydrogen-bond acceptors (Lipinski definition) is 3. The number of nitrogens with zero attached hydrogens (tertiary/aromatic N) is 1. The summed E-state index contributed by atoms with van der Waals surface area (Å²) in [6, 6.07) is 8.13. The Labute approximate surface area is 133 Å². The highest BCUT2D eigenvalue weighted by Crippen LogP contribution is 2.27. The third-order valence-corrected chi connectivity index (χ3v) is 4.23. The van der Waals surface area contributed by atoms with Crippen LogP contribution in [0.5, 0.6) is 0 Å². The number of rotatable bonds is 5. The zero-order chi connectivity index (χ0) is 14.6. The molecular weight excluding hydrogens is 286 g/mol. The maximum atomic E-state index is 12.0. The summed E-state index contributed by atoms with van der Waals surface area (Å²) < 4.78 is 0. The van der Waals surface area contributed by atoms with E-state index in [0.717, 1.165) is 19.5 Å². The summed E-state index contributed by atoms with van der Waals surface area (Å²) in [7, 11) is 0. The van der Waals surface area contributed by atoms with Crippen LogP contribution in [0.3, 0.4) is 0 Å². The zero-order valence-electron chi connectivity index (χ0n) is 12.9. The Morgan fingerprint density at radius 1 is 1.43 bits per heavy atom. The number of carbonyl (C=O) groups is 1.